The molecule has 0 bridgehead atoms. The summed E-state index contributed by atoms with van der Waals surface area (Å²) in [6.07, 6.45) is 4.79. The maximum absolute atomic E-state index is 13.3. The molecule has 2 aliphatic heterocycles. The van der Waals surface area contributed by atoms with Crippen molar-refractivity contribution < 1.29 is 9.18 Å². The van der Waals surface area contributed by atoms with Crippen LogP contribution in [-0.4, -0.2) is 49.7 Å². The predicted octanol–water partition coefficient (Wildman–Crippen LogP) is 1.86. The molecule has 3 aromatic rings. The average Bonchev–Trinajstić information content (AvgIpc) is 3.33. The molecule has 2 N–H and O–H groups in total. The maximum atomic E-state index is 13.3. The number of aromatic nitrogens is 4. The van der Waals surface area contributed by atoms with Crippen LogP contribution in [0.15, 0.2) is 48.9 Å². The Hall–Kier alpha value is -3.33. The molecule has 1 unspecified atom stereocenters. The van der Waals surface area contributed by atoms with E-state index in [9.17, 15) is 9.18 Å². The molecule has 1 saturated heterocycles. The SMILES string of the molecule is C[C@@H]1CN(Cc2ncccn2)C[C@H]1C1NC(=O)c2cnc(-c3ccc(F)cc3)n2N1. The zero-order chi connectivity index (χ0) is 20.7. The van der Waals surface area contributed by atoms with Crippen molar-refractivity contribution in [2.45, 2.75) is 19.6 Å². The number of carbonyl (C=O) groups excluding carboxylic acids is 1. The number of imidazole rings is 1. The number of hydrogen-bond acceptors (Lipinski definition) is 6. The summed E-state index contributed by atoms with van der Waals surface area (Å²) < 4.78 is 15.0. The van der Waals surface area contributed by atoms with Crippen LogP contribution in [0.2, 0.25) is 0 Å². The van der Waals surface area contributed by atoms with Gasteiger partial charge in [-0.3, -0.25) is 9.69 Å². The fourth-order valence-electron chi connectivity index (χ4n) is 4.30. The number of benzene rings is 1. The lowest BCUT2D eigenvalue weighted by Crippen LogP contribution is -2.55. The van der Waals surface area contributed by atoms with Crippen LogP contribution >= 0.6 is 0 Å². The molecule has 0 spiro atoms. The summed E-state index contributed by atoms with van der Waals surface area (Å²) in [5, 5.41) is 3.07. The number of halogens is 1. The number of rotatable bonds is 4. The zero-order valence-electron chi connectivity index (χ0n) is 16.5. The van der Waals surface area contributed by atoms with Crippen molar-refractivity contribution in [2.24, 2.45) is 11.8 Å². The molecule has 0 aliphatic carbocycles. The first-order valence-electron chi connectivity index (χ1n) is 9.98. The van der Waals surface area contributed by atoms with E-state index in [0.717, 1.165) is 24.5 Å². The third-order valence-electron chi connectivity index (χ3n) is 5.81. The number of hydrogen-bond donors (Lipinski definition) is 2. The second kappa shape index (κ2) is 7.49. The van der Waals surface area contributed by atoms with Crippen molar-refractivity contribution in [1.82, 2.24) is 29.8 Å². The van der Waals surface area contributed by atoms with E-state index in [2.05, 4.69) is 37.5 Å². The molecule has 1 amide bonds. The number of nitrogens with one attached hydrogen (secondary N) is 2. The van der Waals surface area contributed by atoms with Crippen LogP contribution in [0, 0.1) is 17.7 Å². The molecule has 0 radical (unpaired) electrons. The van der Waals surface area contributed by atoms with E-state index < -0.39 is 0 Å². The molecule has 2 aromatic heterocycles. The Balaban J connectivity index is 1.36. The first-order chi connectivity index (χ1) is 14.6. The van der Waals surface area contributed by atoms with Crippen molar-refractivity contribution in [2.75, 3.05) is 18.5 Å². The van der Waals surface area contributed by atoms with Crippen molar-refractivity contribution in [3.63, 3.8) is 0 Å². The third kappa shape index (κ3) is 3.41. The van der Waals surface area contributed by atoms with Gasteiger partial charge in [0.2, 0.25) is 0 Å². The fourth-order valence-corrected chi connectivity index (χ4v) is 4.30. The number of likely N-dealkylation sites (tertiary alicyclic amines) is 1. The van der Waals surface area contributed by atoms with E-state index in [-0.39, 0.29) is 23.8 Å². The number of fused-ring (bicyclic) bond motifs is 1. The molecule has 3 atom stereocenters. The minimum Gasteiger partial charge on any atom is -0.329 e. The Kier molecular flexibility index (Phi) is 4.66. The van der Waals surface area contributed by atoms with Crippen LogP contribution < -0.4 is 10.7 Å². The van der Waals surface area contributed by atoms with Crippen molar-refractivity contribution in [3.8, 4) is 11.4 Å². The molecule has 4 heterocycles. The van der Waals surface area contributed by atoms with E-state index in [4.69, 9.17) is 0 Å². The Bertz CT molecular complexity index is 1050. The van der Waals surface area contributed by atoms with Gasteiger partial charge in [-0.15, -0.1) is 0 Å². The minimum absolute atomic E-state index is 0.170. The fraction of sp³-hybridized carbons (Fsp3) is 0.333. The Labute approximate surface area is 173 Å². The van der Waals surface area contributed by atoms with Gasteiger partial charge in [0.1, 0.15) is 23.5 Å². The molecule has 154 valence electrons. The maximum Gasteiger partial charge on any atom is 0.273 e. The second-order valence-electron chi connectivity index (χ2n) is 7.89. The summed E-state index contributed by atoms with van der Waals surface area (Å²) in [7, 11) is 0. The van der Waals surface area contributed by atoms with Gasteiger partial charge in [0, 0.05) is 37.0 Å². The standard InChI is InChI=1S/C21H22FN7O/c1-13-10-28(12-18-23-7-2-8-24-18)11-16(13)19-26-21(30)17-9-25-20(29(17)27-19)14-3-5-15(22)6-4-14/h2-9,13,16,19,27H,10-12H2,1H3,(H,26,30)/t13-,16-,19?/m1/s1. The van der Waals surface area contributed by atoms with Gasteiger partial charge >= 0.3 is 0 Å². The minimum atomic E-state index is -0.310. The molecule has 1 fully saturated rings. The van der Waals surface area contributed by atoms with E-state index in [1.54, 1.807) is 29.2 Å². The smallest absolute Gasteiger partial charge is 0.273 e. The predicted molar refractivity (Wildman–Crippen MR) is 108 cm³/mol. The second-order valence-corrected chi connectivity index (χ2v) is 7.89. The van der Waals surface area contributed by atoms with Gasteiger partial charge in [0.25, 0.3) is 5.91 Å². The Morgan fingerprint density at radius 1 is 1.13 bits per heavy atom. The third-order valence-corrected chi connectivity index (χ3v) is 5.81. The number of amides is 1. The highest BCUT2D eigenvalue weighted by Gasteiger charge is 2.39. The van der Waals surface area contributed by atoms with Crippen molar-refractivity contribution in [3.05, 3.63) is 66.3 Å². The molecule has 8 nitrogen and oxygen atoms in total. The van der Waals surface area contributed by atoms with E-state index in [1.807, 2.05) is 6.07 Å². The van der Waals surface area contributed by atoms with Crippen molar-refractivity contribution in [1.29, 1.82) is 0 Å². The molecule has 2 aliphatic rings. The number of carbonyl (C=O) groups is 1. The Morgan fingerprint density at radius 3 is 2.67 bits per heavy atom. The molecule has 5 rings (SSSR count). The van der Waals surface area contributed by atoms with Crippen LogP contribution in [0.4, 0.5) is 4.39 Å². The summed E-state index contributed by atoms with van der Waals surface area (Å²) in [5.41, 5.74) is 4.59. The highest BCUT2D eigenvalue weighted by molar-refractivity contribution is 5.94. The molecule has 1 aromatic carbocycles. The summed E-state index contributed by atoms with van der Waals surface area (Å²) in [5.74, 6) is 1.47. The van der Waals surface area contributed by atoms with Crippen LogP contribution in [0.3, 0.4) is 0 Å². The zero-order valence-corrected chi connectivity index (χ0v) is 16.5. The summed E-state index contributed by atoms with van der Waals surface area (Å²) >= 11 is 0. The average molecular weight is 407 g/mol. The monoisotopic (exact) mass is 407 g/mol. The largest absolute Gasteiger partial charge is 0.329 e. The lowest BCUT2D eigenvalue weighted by atomic mass is 9.94. The lowest BCUT2D eigenvalue weighted by molar-refractivity contribution is 0.0892. The van der Waals surface area contributed by atoms with Gasteiger partial charge < -0.3 is 10.7 Å². The normalized spacial score (nSPS) is 23.7. The Morgan fingerprint density at radius 2 is 1.90 bits per heavy atom. The van der Waals surface area contributed by atoms with Gasteiger partial charge in [-0.1, -0.05) is 6.92 Å². The van der Waals surface area contributed by atoms with Gasteiger partial charge in [0.05, 0.1) is 12.7 Å². The highest BCUT2D eigenvalue weighted by Crippen LogP contribution is 2.29. The van der Waals surface area contributed by atoms with Gasteiger partial charge in [-0.05, 0) is 36.2 Å². The van der Waals surface area contributed by atoms with Gasteiger partial charge in [-0.25, -0.2) is 24.0 Å². The van der Waals surface area contributed by atoms with Gasteiger partial charge in [0.15, 0.2) is 5.82 Å². The quantitative estimate of drug-likeness (QED) is 0.687. The molecular weight excluding hydrogens is 385 g/mol. The van der Waals surface area contributed by atoms with Crippen molar-refractivity contribution >= 4 is 5.91 Å². The first-order valence-corrected chi connectivity index (χ1v) is 9.98. The van der Waals surface area contributed by atoms with E-state index >= 15 is 0 Å². The topological polar surface area (TPSA) is 88.0 Å². The molecule has 0 saturated carbocycles. The molecular formula is C21H22FN7O. The van der Waals surface area contributed by atoms with Crippen LogP contribution in [0.5, 0.6) is 0 Å². The molecule has 30 heavy (non-hydrogen) atoms. The van der Waals surface area contributed by atoms with Gasteiger partial charge in [-0.2, -0.15) is 0 Å². The lowest BCUT2D eigenvalue weighted by Gasteiger charge is -2.34. The van der Waals surface area contributed by atoms with Crippen LogP contribution in [0.1, 0.15) is 23.2 Å². The van der Waals surface area contributed by atoms with Crippen LogP contribution in [-0.2, 0) is 6.54 Å². The highest BCUT2D eigenvalue weighted by atomic mass is 19.1. The van der Waals surface area contributed by atoms with E-state index in [0.29, 0.717) is 24.0 Å². The summed E-state index contributed by atoms with van der Waals surface area (Å²) in [4.78, 5) is 28.1. The van der Waals surface area contributed by atoms with E-state index in [1.165, 1.54) is 18.3 Å². The first kappa shape index (κ1) is 18.7. The molecule has 9 heteroatoms. The van der Waals surface area contributed by atoms with Crippen LogP contribution in [0.25, 0.3) is 11.4 Å². The summed E-state index contributed by atoms with van der Waals surface area (Å²) in [6, 6.07) is 7.91. The summed E-state index contributed by atoms with van der Waals surface area (Å²) in [6.45, 7) is 4.58. The number of nitrogens with zero attached hydrogens (tertiary/aromatic N) is 5.